The van der Waals surface area contributed by atoms with Gasteiger partial charge < -0.3 is 15.4 Å². The van der Waals surface area contributed by atoms with Gasteiger partial charge in [0.25, 0.3) is 0 Å². The van der Waals surface area contributed by atoms with Crippen molar-refractivity contribution in [2.75, 3.05) is 6.54 Å². The Labute approximate surface area is 193 Å². The molecule has 4 rings (SSSR count). The molecule has 0 aliphatic carbocycles. The third-order valence-corrected chi connectivity index (χ3v) is 6.47. The Morgan fingerprint density at radius 2 is 2.07 bits per heavy atom. The number of rotatable bonds is 5. The minimum atomic E-state index is -4.93. The van der Waals surface area contributed by atoms with Crippen molar-refractivity contribution >= 4 is 33.7 Å². The summed E-state index contributed by atoms with van der Waals surface area (Å²) in [6, 6.07) is 6.74. The summed E-state index contributed by atoms with van der Waals surface area (Å²) in [4.78, 5) is 27.0. The first-order chi connectivity index (χ1) is 13.2. The van der Waals surface area contributed by atoms with E-state index < -0.39 is 34.4 Å². The van der Waals surface area contributed by atoms with Crippen LogP contribution < -0.4 is 29.6 Å². The number of nitrogens with one attached hydrogen (secondary N) is 1. The molecule has 1 fully saturated rings. The Hall–Kier alpha value is -1.47. The molecular weight excluding hydrogens is 429 g/mol. The number of nitrogens with zero attached hydrogens (tertiary/aromatic N) is 2. The van der Waals surface area contributed by atoms with Gasteiger partial charge in [0.15, 0.2) is 0 Å². The van der Waals surface area contributed by atoms with Crippen LogP contribution in [0.1, 0.15) is 35.0 Å². The van der Waals surface area contributed by atoms with Gasteiger partial charge in [0, 0.05) is 9.75 Å². The Bertz CT molecular complexity index is 1090. The first-order valence-corrected chi connectivity index (χ1v) is 10.6. The van der Waals surface area contributed by atoms with Gasteiger partial charge in [-0.2, -0.15) is 13.5 Å². The molecule has 2 aliphatic rings. The predicted octanol–water partition coefficient (Wildman–Crippen LogP) is 0.128. The van der Waals surface area contributed by atoms with Crippen molar-refractivity contribution in [3.63, 3.8) is 0 Å². The van der Waals surface area contributed by atoms with Crippen LogP contribution in [-0.4, -0.2) is 41.4 Å². The van der Waals surface area contributed by atoms with Gasteiger partial charge in [-0.3, -0.25) is 4.55 Å². The van der Waals surface area contributed by atoms with E-state index in [-0.39, 0.29) is 36.1 Å². The molecule has 2 N–H and O–H groups in total. The van der Waals surface area contributed by atoms with Gasteiger partial charge in [-0.15, -0.1) is 15.6 Å². The monoisotopic (exact) mass is 445 g/mol. The van der Waals surface area contributed by atoms with E-state index in [0.717, 1.165) is 27.3 Å². The van der Waals surface area contributed by atoms with Crippen molar-refractivity contribution in [1.29, 1.82) is 0 Å². The number of carbonyl (C=O) groups excluding carboxylic acids is 2. The molecule has 0 unspecified atom stereocenters. The smallest absolute Gasteiger partial charge is 0.666 e. The zero-order chi connectivity index (χ0) is 20.2. The van der Waals surface area contributed by atoms with E-state index in [1.807, 2.05) is 31.2 Å². The summed E-state index contributed by atoms with van der Waals surface area (Å²) >= 11 is 1.30. The van der Waals surface area contributed by atoms with Gasteiger partial charge in [0.05, 0.1) is 12.5 Å². The van der Waals surface area contributed by atoms with E-state index in [1.165, 1.54) is 11.3 Å². The summed E-state index contributed by atoms with van der Waals surface area (Å²) in [6.07, 6.45) is 0.797. The third-order valence-electron chi connectivity index (χ3n) is 4.88. The standard InChI is InChI=1S/C17H17N3O6S2.Na/c1-2-9-5-3-4-6-10(9)13-7-11-12-8-19(14(16(18)21)15(11)27-13)17(22)20(12)26-28(23,24)25;/h3-7,12,14H,2,8H2,1H3,(H3,18,21,23,24,25);/q;+1/p-1/t12-,14+;/m1./s1. The van der Waals surface area contributed by atoms with Gasteiger partial charge >= 0.3 is 46.0 Å². The average molecular weight is 445 g/mol. The first-order valence-electron chi connectivity index (χ1n) is 8.45. The van der Waals surface area contributed by atoms with Crippen molar-refractivity contribution < 1.29 is 56.4 Å². The number of carbonyl (C=O) groups is 2. The third kappa shape index (κ3) is 3.83. The summed E-state index contributed by atoms with van der Waals surface area (Å²) in [5, 5.41) is 0.555. The van der Waals surface area contributed by atoms with Crippen molar-refractivity contribution in [2.24, 2.45) is 0 Å². The van der Waals surface area contributed by atoms with Crippen LogP contribution in [0, 0.1) is 0 Å². The number of hydrogen-bond donors (Lipinski definition) is 1. The molecule has 1 aromatic heterocycles. The molecule has 3 amide bonds. The molecule has 2 bridgehead atoms. The minimum absolute atomic E-state index is 0. The SMILES string of the molecule is CCc1ccccc1-c1cc2c(s1)[C@@H](C([NH-])=O)N1C[C@H]2N(OS(=O)(=O)O)C1=O.[Na+]. The minimum Gasteiger partial charge on any atom is -0.666 e. The van der Waals surface area contributed by atoms with Crippen LogP contribution in [0.2, 0.25) is 0 Å². The molecule has 9 nitrogen and oxygen atoms in total. The number of thiophene rings is 1. The fourth-order valence-corrected chi connectivity index (χ4v) is 5.48. The van der Waals surface area contributed by atoms with Crippen molar-refractivity contribution in [1.82, 2.24) is 9.96 Å². The van der Waals surface area contributed by atoms with Gasteiger partial charge in [-0.25, -0.2) is 4.79 Å². The van der Waals surface area contributed by atoms with Gasteiger partial charge in [-0.1, -0.05) is 31.2 Å². The Balaban J connectivity index is 0.00000240. The summed E-state index contributed by atoms with van der Waals surface area (Å²) < 4.78 is 35.9. The van der Waals surface area contributed by atoms with E-state index >= 15 is 0 Å². The molecule has 12 heteroatoms. The molecule has 2 atom stereocenters. The van der Waals surface area contributed by atoms with Gasteiger partial charge in [0.1, 0.15) is 12.1 Å². The molecule has 1 saturated heterocycles. The first kappa shape index (κ1) is 22.2. The van der Waals surface area contributed by atoms with Gasteiger partial charge in [0.2, 0.25) is 0 Å². The Morgan fingerprint density at radius 1 is 1.38 bits per heavy atom. The van der Waals surface area contributed by atoms with Crippen molar-refractivity contribution in [2.45, 2.75) is 25.4 Å². The van der Waals surface area contributed by atoms with E-state index in [9.17, 15) is 18.0 Å². The molecule has 0 radical (unpaired) electrons. The molecule has 29 heavy (non-hydrogen) atoms. The number of benzene rings is 1. The zero-order valence-electron chi connectivity index (χ0n) is 15.7. The molecule has 0 saturated carbocycles. The normalized spacial score (nSPS) is 20.4. The molecule has 148 valence electrons. The molecule has 0 spiro atoms. The number of fused-ring (bicyclic) bond motifs is 4. The topological polar surface area (TPSA) is 128 Å². The van der Waals surface area contributed by atoms with E-state index in [2.05, 4.69) is 4.28 Å². The van der Waals surface area contributed by atoms with E-state index in [0.29, 0.717) is 15.5 Å². The second kappa shape index (κ2) is 7.99. The number of urea groups is 1. The number of hydrogen-bond acceptors (Lipinski definition) is 6. The maximum atomic E-state index is 12.5. The maximum Gasteiger partial charge on any atom is 1.00 e. The quantitative estimate of drug-likeness (QED) is 0.515. The van der Waals surface area contributed by atoms with Gasteiger partial charge in [-0.05, 0) is 29.2 Å². The maximum absolute atomic E-state index is 12.5. The van der Waals surface area contributed by atoms with Crippen LogP contribution in [0.5, 0.6) is 0 Å². The molecule has 1 aromatic carbocycles. The van der Waals surface area contributed by atoms with Crippen LogP contribution in [0.15, 0.2) is 30.3 Å². The Kier molecular flexibility index (Phi) is 6.12. The van der Waals surface area contributed by atoms with Crippen LogP contribution >= 0.6 is 11.3 Å². The average Bonchev–Trinajstić information content (AvgIpc) is 3.17. The van der Waals surface area contributed by atoms with Crippen molar-refractivity contribution in [3.8, 4) is 10.4 Å². The predicted molar refractivity (Wildman–Crippen MR) is 101 cm³/mol. The van der Waals surface area contributed by atoms with Crippen LogP contribution in [0.3, 0.4) is 0 Å². The fourth-order valence-electron chi connectivity index (χ4n) is 3.72. The molecule has 2 aliphatic heterocycles. The number of hydroxylamine groups is 2. The zero-order valence-corrected chi connectivity index (χ0v) is 19.3. The van der Waals surface area contributed by atoms with E-state index in [4.69, 9.17) is 10.3 Å². The summed E-state index contributed by atoms with van der Waals surface area (Å²) in [5.74, 6) is -0.973. The molecule has 3 heterocycles. The number of amides is 3. The second-order valence-electron chi connectivity index (χ2n) is 6.49. The Morgan fingerprint density at radius 3 is 2.69 bits per heavy atom. The molecular formula is C17H16N3NaO6S2. The number of aryl methyl sites for hydroxylation is 1. The van der Waals surface area contributed by atoms with Crippen LogP contribution in [0.4, 0.5) is 4.79 Å². The summed E-state index contributed by atoms with van der Waals surface area (Å²) in [7, 11) is -4.93. The van der Waals surface area contributed by atoms with E-state index in [1.54, 1.807) is 6.07 Å². The summed E-state index contributed by atoms with van der Waals surface area (Å²) in [5.41, 5.74) is 10.2. The van der Waals surface area contributed by atoms with Crippen molar-refractivity contribution in [3.05, 3.63) is 52.1 Å². The molecule has 2 aromatic rings. The summed E-state index contributed by atoms with van der Waals surface area (Å²) in [6.45, 7) is 2.01. The van der Waals surface area contributed by atoms with Crippen LogP contribution in [0.25, 0.3) is 16.2 Å². The largest absolute Gasteiger partial charge is 1.00 e. The van der Waals surface area contributed by atoms with Crippen LogP contribution in [-0.2, 0) is 25.9 Å². The fraction of sp³-hybridized carbons (Fsp3) is 0.294. The second-order valence-corrected chi connectivity index (χ2v) is 8.57.